The van der Waals surface area contributed by atoms with E-state index in [0.717, 1.165) is 4.68 Å². The Kier molecular flexibility index (Phi) is 4.42. The third-order valence-electron chi connectivity index (χ3n) is 2.64. The predicted molar refractivity (Wildman–Crippen MR) is 68.2 cm³/mol. The molecule has 0 aliphatic carbocycles. The maximum Gasteiger partial charge on any atom is 0.408 e. The second-order valence-corrected chi connectivity index (χ2v) is 4.27. The summed E-state index contributed by atoms with van der Waals surface area (Å²) in [5, 5.41) is 4.55. The molecule has 2 heterocycles. The van der Waals surface area contributed by atoms with Crippen LogP contribution in [0.4, 0.5) is 13.2 Å². The van der Waals surface area contributed by atoms with E-state index in [-0.39, 0.29) is 18.4 Å². The summed E-state index contributed by atoms with van der Waals surface area (Å²) in [5.41, 5.74) is 7.24. The number of fused-ring (bicyclic) bond motifs is 1. The lowest BCUT2D eigenvalue weighted by molar-refractivity contribution is -0.141. The first kappa shape index (κ1) is 15.7. The lowest BCUT2D eigenvalue weighted by Crippen LogP contribution is -2.18. The van der Waals surface area contributed by atoms with E-state index >= 15 is 0 Å². The molecular weight excluding hydrogens is 281 g/mol. The van der Waals surface area contributed by atoms with Crippen LogP contribution in [0.15, 0.2) is 12.3 Å². The van der Waals surface area contributed by atoms with Crippen LogP contribution in [-0.4, -0.2) is 20.9 Å². The Bertz CT molecular complexity index is 577. The van der Waals surface area contributed by atoms with Crippen molar-refractivity contribution in [3.8, 4) is 0 Å². The minimum absolute atomic E-state index is 0. The monoisotopic (exact) mass is 294 g/mol. The van der Waals surface area contributed by atoms with Gasteiger partial charge in [0.2, 0.25) is 0 Å². The van der Waals surface area contributed by atoms with E-state index < -0.39 is 12.7 Å². The number of alkyl halides is 3. The molecule has 2 rings (SSSR count). The Morgan fingerprint density at radius 2 is 2.05 bits per heavy atom. The first-order valence-electron chi connectivity index (χ1n) is 5.43. The van der Waals surface area contributed by atoms with Crippen LogP contribution in [0.2, 0.25) is 0 Å². The Labute approximate surface area is 114 Å². The zero-order valence-corrected chi connectivity index (χ0v) is 11.2. The van der Waals surface area contributed by atoms with Crippen LogP contribution >= 0.6 is 12.4 Å². The van der Waals surface area contributed by atoms with E-state index in [4.69, 9.17) is 5.73 Å². The fourth-order valence-electron chi connectivity index (χ4n) is 1.79. The molecule has 0 radical (unpaired) electrons. The summed E-state index contributed by atoms with van der Waals surface area (Å²) in [7, 11) is 0. The van der Waals surface area contributed by atoms with E-state index in [9.17, 15) is 13.2 Å². The first-order chi connectivity index (χ1) is 8.28. The smallest absolute Gasteiger partial charge is 0.323 e. The molecule has 0 aliphatic heterocycles. The number of rotatable bonds is 2. The normalized spacial score (nSPS) is 13.4. The van der Waals surface area contributed by atoms with Crippen LogP contribution < -0.4 is 5.73 Å². The summed E-state index contributed by atoms with van der Waals surface area (Å²) in [6.45, 7) is 2.32. The summed E-state index contributed by atoms with van der Waals surface area (Å²) in [6.07, 6.45) is -2.91. The van der Waals surface area contributed by atoms with Crippen molar-refractivity contribution < 1.29 is 13.2 Å². The van der Waals surface area contributed by atoms with Crippen molar-refractivity contribution in [2.24, 2.45) is 5.73 Å². The number of hydrogen-bond acceptors (Lipinski definition) is 3. The highest BCUT2D eigenvalue weighted by atomic mass is 35.5. The van der Waals surface area contributed by atoms with Crippen LogP contribution in [0.5, 0.6) is 0 Å². The minimum atomic E-state index is -4.30. The maximum absolute atomic E-state index is 12.4. The van der Waals surface area contributed by atoms with Gasteiger partial charge >= 0.3 is 6.18 Å². The van der Waals surface area contributed by atoms with Gasteiger partial charge < -0.3 is 5.73 Å². The van der Waals surface area contributed by atoms with E-state index in [1.165, 1.54) is 6.20 Å². The topological polar surface area (TPSA) is 56.7 Å². The van der Waals surface area contributed by atoms with Crippen molar-refractivity contribution in [1.29, 1.82) is 0 Å². The van der Waals surface area contributed by atoms with Gasteiger partial charge in [-0.05, 0) is 19.9 Å². The molecule has 4 nitrogen and oxygen atoms in total. The SMILES string of the molecule is Cc1nn(CC(F)(F)F)c2cnc([C@@H](C)N)cc12.Cl. The van der Waals surface area contributed by atoms with Crippen LogP contribution in [0.1, 0.15) is 24.4 Å². The van der Waals surface area contributed by atoms with Crippen molar-refractivity contribution in [2.75, 3.05) is 0 Å². The number of aromatic nitrogens is 3. The van der Waals surface area contributed by atoms with E-state index in [2.05, 4.69) is 10.1 Å². The Balaban J connectivity index is 0.00000180. The standard InChI is InChI=1S/C11H13F3N4.ClH/c1-6(15)9-3-8-7(2)17-18(5-11(12,13)14)10(8)4-16-9;/h3-4,6H,5,15H2,1-2H3;1H/t6-;/m1./s1. The van der Waals surface area contributed by atoms with Gasteiger partial charge in [0.1, 0.15) is 6.54 Å². The third-order valence-corrected chi connectivity index (χ3v) is 2.64. The molecule has 0 amide bonds. The predicted octanol–water partition coefficient (Wildman–Crippen LogP) is 2.74. The summed E-state index contributed by atoms with van der Waals surface area (Å²) in [6, 6.07) is 1.43. The van der Waals surface area contributed by atoms with Crippen molar-refractivity contribution in [1.82, 2.24) is 14.8 Å². The first-order valence-corrected chi connectivity index (χ1v) is 5.43. The van der Waals surface area contributed by atoms with Gasteiger partial charge in [0, 0.05) is 11.4 Å². The number of halogens is 4. The van der Waals surface area contributed by atoms with Crippen molar-refractivity contribution >= 4 is 23.3 Å². The quantitative estimate of drug-likeness (QED) is 0.926. The Hall–Kier alpha value is -1.34. The largest absolute Gasteiger partial charge is 0.408 e. The highest BCUT2D eigenvalue weighted by molar-refractivity contribution is 5.85. The van der Waals surface area contributed by atoms with E-state index in [0.29, 0.717) is 22.3 Å². The van der Waals surface area contributed by atoms with Gasteiger partial charge in [-0.2, -0.15) is 18.3 Å². The molecule has 2 aromatic rings. The van der Waals surface area contributed by atoms with Crippen LogP contribution in [0.25, 0.3) is 10.9 Å². The fraction of sp³-hybridized carbons (Fsp3) is 0.455. The highest BCUT2D eigenvalue weighted by Gasteiger charge is 2.29. The van der Waals surface area contributed by atoms with Gasteiger partial charge in [0.05, 0.1) is 23.1 Å². The van der Waals surface area contributed by atoms with E-state index in [1.54, 1.807) is 19.9 Å². The van der Waals surface area contributed by atoms with Crippen LogP contribution in [-0.2, 0) is 6.54 Å². The molecule has 0 aromatic carbocycles. The molecular formula is C11H14ClF3N4. The fourth-order valence-corrected chi connectivity index (χ4v) is 1.79. The second-order valence-electron chi connectivity index (χ2n) is 4.27. The average molecular weight is 295 g/mol. The summed E-state index contributed by atoms with van der Waals surface area (Å²) in [5.74, 6) is 0. The van der Waals surface area contributed by atoms with Gasteiger partial charge in [0.15, 0.2) is 0 Å². The van der Waals surface area contributed by atoms with Gasteiger partial charge in [-0.15, -0.1) is 12.4 Å². The number of nitrogens with zero attached hydrogens (tertiary/aromatic N) is 3. The van der Waals surface area contributed by atoms with Crippen LogP contribution in [0.3, 0.4) is 0 Å². The molecule has 0 aliphatic rings. The zero-order valence-electron chi connectivity index (χ0n) is 10.4. The molecule has 0 saturated heterocycles. The zero-order chi connectivity index (χ0) is 13.5. The van der Waals surface area contributed by atoms with Gasteiger partial charge in [-0.25, -0.2) is 0 Å². The maximum atomic E-state index is 12.4. The average Bonchev–Trinajstić information content (AvgIpc) is 2.53. The number of aryl methyl sites for hydroxylation is 1. The van der Waals surface area contributed by atoms with Gasteiger partial charge in [-0.1, -0.05) is 0 Å². The number of hydrogen-bond donors (Lipinski definition) is 1. The highest BCUT2D eigenvalue weighted by Crippen LogP contribution is 2.24. The summed E-state index contributed by atoms with van der Waals surface area (Å²) >= 11 is 0. The Morgan fingerprint density at radius 3 is 2.58 bits per heavy atom. The summed E-state index contributed by atoms with van der Waals surface area (Å²) in [4.78, 5) is 4.06. The molecule has 106 valence electrons. The number of nitrogens with two attached hydrogens (primary N) is 1. The molecule has 2 aromatic heterocycles. The Morgan fingerprint density at radius 1 is 1.42 bits per heavy atom. The minimum Gasteiger partial charge on any atom is -0.323 e. The molecule has 19 heavy (non-hydrogen) atoms. The second kappa shape index (κ2) is 5.34. The molecule has 1 atom stereocenters. The molecule has 0 fully saturated rings. The van der Waals surface area contributed by atoms with Gasteiger partial charge in [-0.3, -0.25) is 9.67 Å². The third kappa shape index (κ3) is 3.36. The lowest BCUT2D eigenvalue weighted by atomic mass is 10.1. The van der Waals surface area contributed by atoms with Crippen molar-refractivity contribution in [3.63, 3.8) is 0 Å². The summed E-state index contributed by atoms with van der Waals surface area (Å²) < 4.78 is 38.1. The van der Waals surface area contributed by atoms with Gasteiger partial charge in [0.25, 0.3) is 0 Å². The van der Waals surface area contributed by atoms with Crippen molar-refractivity contribution in [2.45, 2.75) is 32.6 Å². The van der Waals surface area contributed by atoms with Crippen LogP contribution in [0, 0.1) is 6.92 Å². The lowest BCUT2D eigenvalue weighted by Gasteiger charge is -2.08. The molecule has 2 N–H and O–H groups in total. The molecule has 0 saturated carbocycles. The van der Waals surface area contributed by atoms with E-state index in [1.807, 2.05) is 0 Å². The molecule has 0 spiro atoms. The number of pyridine rings is 1. The van der Waals surface area contributed by atoms with Crippen molar-refractivity contribution in [3.05, 3.63) is 23.7 Å². The molecule has 0 unspecified atom stereocenters. The molecule has 0 bridgehead atoms. The molecule has 8 heteroatoms.